The molecule has 194 valence electrons. The molecule has 0 aromatic heterocycles. The number of methoxy groups -OCH3 is 1. The third kappa shape index (κ3) is 5.83. The van der Waals surface area contributed by atoms with Gasteiger partial charge in [-0.05, 0) is 73.4 Å². The number of Topliss-reactive ketones (excluding diaryl/α,β-unsaturated/α-hetero) is 1. The van der Waals surface area contributed by atoms with Crippen molar-refractivity contribution >= 4 is 29.4 Å². The van der Waals surface area contributed by atoms with Gasteiger partial charge in [0, 0.05) is 17.9 Å². The van der Waals surface area contributed by atoms with Crippen molar-refractivity contribution in [3.05, 3.63) is 112 Å². The highest BCUT2D eigenvalue weighted by molar-refractivity contribution is 6.30. The van der Waals surface area contributed by atoms with Crippen LogP contribution in [0.3, 0.4) is 0 Å². The van der Waals surface area contributed by atoms with Crippen LogP contribution in [-0.4, -0.2) is 31.4 Å². The highest BCUT2D eigenvalue weighted by Gasteiger charge is 2.38. The Bertz CT molecular complexity index is 1420. The van der Waals surface area contributed by atoms with Crippen LogP contribution in [0.2, 0.25) is 0 Å². The van der Waals surface area contributed by atoms with Gasteiger partial charge in [0.1, 0.15) is 11.3 Å². The van der Waals surface area contributed by atoms with Gasteiger partial charge in [0.2, 0.25) is 5.78 Å². The van der Waals surface area contributed by atoms with Gasteiger partial charge in [-0.3, -0.25) is 9.59 Å². The van der Waals surface area contributed by atoms with E-state index < -0.39 is 11.8 Å². The molecule has 0 saturated heterocycles. The lowest BCUT2D eigenvalue weighted by Gasteiger charge is -2.22. The van der Waals surface area contributed by atoms with E-state index in [2.05, 4.69) is 5.32 Å². The van der Waals surface area contributed by atoms with Crippen molar-refractivity contribution in [2.75, 3.05) is 18.6 Å². The van der Waals surface area contributed by atoms with Crippen molar-refractivity contribution in [2.45, 2.75) is 27.3 Å². The van der Waals surface area contributed by atoms with E-state index >= 15 is 0 Å². The fraction of sp³-hybridized carbons (Fsp3) is 0.194. The Balaban J connectivity index is 1.50. The molecular formula is C31H30N2O5. The van der Waals surface area contributed by atoms with Crippen LogP contribution in [0.15, 0.2) is 89.8 Å². The van der Waals surface area contributed by atoms with E-state index in [1.807, 2.05) is 62.4 Å². The molecule has 4 rings (SSSR count). The van der Waals surface area contributed by atoms with Gasteiger partial charge in [0.15, 0.2) is 6.61 Å². The first-order valence-electron chi connectivity index (χ1n) is 12.2. The number of anilines is 1. The Morgan fingerprint density at radius 2 is 1.63 bits per heavy atom. The second-order valence-electron chi connectivity index (χ2n) is 9.03. The lowest BCUT2D eigenvalue weighted by molar-refractivity contribution is -0.137. The molecule has 0 spiro atoms. The van der Waals surface area contributed by atoms with Crippen LogP contribution in [0, 0.1) is 13.8 Å². The van der Waals surface area contributed by atoms with E-state index in [1.54, 1.807) is 42.2 Å². The van der Waals surface area contributed by atoms with E-state index in [4.69, 9.17) is 9.47 Å². The summed E-state index contributed by atoms with van der Waals surface area (Å²) < 4.78 is 10.5. The Morgan fingerprint density at radius 1 is 0.921 bits per heavy atom. The van der Waals surface area contributed by atoms with Crippen molar-refractivity contribution in [3.8, 4) is 5.75 Å². The number of allylic oxidation sites excluding steroid dienone is 2. The Hall–Kier alpha value is -4.65. The van der Waals surface area contributed by atoms with Gasteiger partial charge in [-0.1, -0.05) is 48.5 Å². The molecular weight excluding hydrogens is 480 g/mol. The molecule has 0 fully saturated rings. The topological polar surface area (TPSA) is 84.9 Å². The molecule has 3 aromatic rings. The molecule has 0 bridgehead atoms. The largest absolute Gasteiger partial charge is 0.484 e. The number of ether oxygens (including phenoxy) is 2. The molecule has 1 N–H and O–H groups in total. The molecule has 1 amide bonds. The number of benzene rings is 3. The SMILES string of the molecule is COC(=O)C1=C(C)N(c2ccc(C)c(C)c2)/C(=C\c2ccc(OCC(=O)NCc3ccccc3)cc2)C1=O. The average molecular weight is 511 g/mol. The minimum absolute atomic E-state index is 0.0125. The first-order valence-corrected chi connectivity index (χ1v) is 12.2. The Kier molecular flexibility index (Phi) is 8.06. The molecule has 1 heterocycles. The van der Waals surface area contributed by atoms with Crippen LogP contribution in [0.5, 0.6) is 5.75 Å². The first-order chi connectivity index (χ1) is 18.3. The van der Waals surface area contributed by atoms with Crippen molar-refractivity contribution < 1.29 is 23.9 Å². The van der Waals surface area contributed by atoms with E-state index in [1.165, 1.54) is 7.11 Å². The van der Waals surface area contributed by atoms with Gasteiger partial charge in [-0.15, -0.1) is 0 Å². The quantitative estimate of drug-likeness (QED) is 0.264. The summed E-state index contributed by atoms with van der Waals surface area (Å²) >= 11 is 0. The monoisotopic (exact) mass is 510 g/mol. The van der Waals surface area contributed by atoms with Gasteiger partial charge < -0.3 is 19.7 Å². The van der Waals surface area contributed by atoms with Crippen molar-refractivity contribution in [1.29, 1.82) is 0 Å². The highest BCUT2D eigenvalue weighted by atomic mass is 16.5. The van der Waals surface area contributed by atoms with Crippen molar-refractivity contribution in [3.63, 3.8) is 0 Å². The van der Waals surface area contributed by atoms with E-state index in [9.17, 15) is 14.4 Å². The smallest absolute Gasteiger partial charge is 0.343 e. The second-order valence-corrected chi connectivity index (χ2v) is 9.03. The third-order valence-electron chi connectivity index (χ3n) is 6.42. The lowest BCUT2D eigenvalue weighted by atomic mass is 10.1. The number of rotatable bonds is 8. The Morgan fingerprint density at radius 3 is 2.29 bits per heavy atom. The number of nitrogens with one attached hydrogen (secondary N) is 1. The van der Waals surface area contributed by atoms with Crippen LogP contribution >= 0.6 is 0 Å². The molecule has 7 heteroatoms. The number of amides is 1. The summed E-state index contributed by atoms with van der Waals surface area (Å²) in [6.07, 6.45) is 1.73. The van der Waals surface area contributed by atoms with Gasteiger partial charge in [0.05, 0.1) is 12.8 Å². The minimum Gasteiger partial charge on any atom is -0.484 e. The van der Waals surface area contributed by atoms with Gasteiger partial charge in [-0.25, -0.2) is 4.79 Å². The highest BCUT2D eigenvalue weighted by Crippen LogP contribution is 2.36. The lowest BCUT2D eigenvalue weighted by Crippen LogP contribution is -2.28. The predicted molar refractivity (Wildman–Crippen MR) is 146 cm³/mol. The standard InChI is InChI=1S/C31H30N2O5/c1-20-10-13-25(16-21(20)2)33-22(3)29(31(36)37-4)30(35)27(33)17-23-11-14-26(15-12-23)38-19-28(34)32-18-24-8-6-5-7-9-24/h5-17H,18-19H2,1-4H3,(H,32,34)/b27-17-. The zero-order valence-corrected chi connectivity index (χ0v) is 21.9. The molecule has 0 saturated carbocycles. The molecule has 38 heavy (non-hydrogen) atoms. The van der Waals surface area contributed by atoms with Crippen LogP contribution in [0.1, 0.15) is 29.2 Å². The van der Waals surface area contributed by atoms with Crippen LogP contribution in [-0.2, 0) is 25.7 Å². The number of carbonyl (C=O) groups excluding carboxylic acids is 3. The molecule has 0 radical (unpaired) electrons. The summed E-state index contributed by atoms with van der Waals surface area (Å²) in [5.74, 6) is -0.769. The number of ketones is 1. The minimum atomic E-state index is -0.668. The summed E-state index contributed by atoms with van der Waals surface area (Å²) in [5, 5.41) is 2.82. The van der Waals surface area contributed by atoms with E-state index in [-0.39, 0.29) is 18.1 Å². The predicted octanol–water partition coefficient (Wildman–Crippen LogP) is 4.88. The molecule has 1 aliphatic rings. The number of carbonyl (C=O) groups is 3. The molecule has 0 atom stereocenters. The van der Waals surface area contributed by atoms with Gasteiger partial charge >= 0.3 is 5.97 Å². The fourth-order valence-electron chi connectivity index (χ4n) is 4.17. The molecule has 0 aliphatic carbocycles. The van der Waals surface area contributed by atoms with E-state index in [0.717, 1.165) is 27.9 Å². The summed E-state index contributed by atoms with van der Waals surface area (Å²) in [6, 6.07) is 22.6. The maximum atomic E-state index is 13.3. The molecule has 1 aliphatic heterocycles. The normalized spacial score (nSPS) is 14.2. The molecule has 0 unspecified atom stereocenters. The maximum absolute atomic E-state index is 13.3. The fourth-order valence-corrected chi connectivity index (χ4v) is 4.17. The molecule has 3 aromatic carbocycles. The van der Waals surface area contributed by atoms with E-state index in [0.29, 0.717) is 23.7 Å². The molecule has 7 nitrogen and oxygen atoms in total. The van der Waals surface area contributed by atoms with Crippen LogP contribution in [0.4, 0.5) is 5.69 Å². The number of esters is 1. The summed E-state index contributed by atoms with van der Waals surface area (Å²) in [7, 11) is 1.26. The second kappa shape index (κ2) is 11.6. The zero-order valence-electron chi connectivity index (χ0n) is 21.9. The number of hydrogen-bond acceptors (Lipinski definition) is 6. The van der Waals surface area contributed by atoms with Gasteiger partial charge in [-0.2, -0.15) is 0 Å². The zero-order chi connectivity index (χ0) is 27.2. The summed E-state index contributed by atoms with van der Waals surface area (Å²) in [5.41, 5.74) is 5.60. The summed E-state index contributed by atoms with van der Waals surface area (Å²) in [4.78, 5) is 39.7. The third-order valence-corrected chi connectivity index (χ3v) is 6.42. The number of hydrogen-bond donors (Lipinski definition) is 1. The number of nitrogens with zero attached hydrogens (tertiary/aromatic N) is 1. The first kappa shape index (κ1) is 26.4. The van der Waals surface area contributed by atoms with Gasteiger partial charge in [0.25, 0.3) is 5.91 Å². The maximum Gasteiger partial charge on any atom is 0.343 e. The van der Waals surface area contributed by atoms with Crippen molar-refractivity contribution in [2.24, 2.45) is 0 Å². The van der Waals surface area contributed by atoms with Crippen LogP contribution in [0.25, 0.3) is 6.08 Å². The summed E-state index contributed by atoms with van der Waals surface area (Å²) in [6.45, 7) is 6.07. The van der Waals surface area contributed by atoms with Crippen LogP contribution < -0.4 is 15.0 Å². The van der Waals surface area contributed by atoms with Crippen molar-refractivity contribution in [1.82, 2.24) is 5.32 Å². The Labute approximate surface area is 222 Å². The number of aryl methyl sites for hydroxylation is 2. The average Bonchev–Trinajstić information content (AvgIpc) is 3.17.